The van der Waals surface area contributed by atoms with Gasteiger partial charge in [-0.2, -0.15) is 0 Å². The Morgan fingerprint density at radius 2 is 1.67 bits per heavy atom. The highest BCUT2D eigenvalue weighted by Gasteiger charge is 2.51. The zero-order valence-corrected chi connectivity index (χ0v) is 15.8. The normalized spacial score (nSPS) is 31.3. The van der Waals surface area contributed by atoms with Gasteiger partial charge in [-0.05, 0) is 80.1 Å². The zero-order valence-electron chi connectivity index (χ0n) is 15.8. The average Bonchev–Trinajstić information content (AvgIpc) is 3.02. The first-order valence-electron chi connectivity index (χ1n) is 10.4. The van der Waals surface area contributed by atoms with E-state index in [9.17, 15) is 9.90 Å². The van der Waals surface area contributed by atoms with Gasteiger partial charge in [0, 0.05) is 6.42 Å². The van der Waals surface area contributed by atoms with Gasteiger partial charge in [-0.3, -0.25) is 0 Å². The quantitative estimate of drug-likeness (QED) is 0.784. The van der Waals surface area contributed by atoms with E-state index in [0.717, 1.165) is 42.1 Å². The summed E-state index contributed by atoms with van der Waals surface area (Å²) in [7, 11) is 0. The van der Waals surface area contributed by atoms with Crippen molar-refractivity contribution in [3.05, 3.63) is 53.1 Å². The van der Waals surface area contributed by atoms with Gasteiger partial charge in [-0.25, -0.2) is 9.78 Å². The number of imidazole rings is 1. The third-order valence-electron chi connectivity index (χ3n) is 7.24. The molecule has 0 amide bonds. The van der Waals surface area contributed by atoms with E-state index in [1.165, 1.54) is 44.1 Å². The Balaban J connectivity index is 1.35. The molecule has 4 nitrogen and oxygen atoms in total. The smallest absolute Gasteiger partial charge is 0.356 e. The molecule has 4 saturated carbocycles. The molecule has 4 aliphatic rings. The van der Waals surface area contributed by atoms with Crippen LogP contribution in [0.15, 0.2) is 30.3 Å². The molecule has 0 atom stereocenters. The van der Waals surface area contributed by atoms with Gasteiger partial charge in [0.05, 0.1) is 5.69 Å². The molecule has 6 rings (SSSR count). The van der Waals surface area contributed by atoms with Crippen LogP contribution in [0.3, 0.4) is 0 Å². The molecule has 1 heterocycles. The summed E-state index contributed by atoms with van der Waals surface area (Å²) in [5, 5.41) is 9.62. The number of benzene rings is 1. The van der Waals surface area contributed by atoms with Gasteiger partial charge in [0.2, 0.25) is 0 Å². The van der Waals surface area contributed by atoms with Crippen molar-refractivity contribution in [2.45, 2.75) is 57.8 Å². The van der Waals surface area contributed by atoms with Crippen molar-refractivity contribution in [3.63, 3.8) is 0 Å². The second-order valence-corrected chi connectivity index (χ2v) is 9.40. The summed E-state index contributed by atoms with van der Waals surface area (Å²) in [5.41, 5.74) is 2.61. The molecule has 0 aliphatic heterocycles. The standard InChI is InChI=1S/C23H28N2O2/c26-22(27)21-19(7-6-15-4-2-1-3-5-15)24-20(25-21)14-23-11-16-8-17(12-23)10-18(9-16)13-23/h1-5,16-18H,6-14H2,(H,24,25)(H,26,27). The number of aryl methyl sites for hydroxylation is 2. The van der Waals surface area contributed by atoms with Crippen LogP contribution in [0.2, 0.25) is 0 Å². The minimum absolute atomic E-state index is 0.227. The molecule has 1 aromatic carbocycles. The molecule has 0 unspecified atom stereocenters. The molecule has 4 fully saturated rings. The first kappa shape index (κ1) is 17.0. The molecule has 0 spiro atoms. The number of carboxylic acid groups (broad SMARTS) is 1. The molecule has 0 saturated heterocycles. The highest BCUT2D eigenvalue weighted by molar-refractivity contribution is 5.86. The van der Waals surface area contributed by atoms with Crippen molar-refractivity contribution >= 4 is 5.97 Å². The van der Waals surface area contributed by atoms with Crippen LogP contribution < -0.4 is 0 Å². The minimum atomic E-state index is -0.911. The summed E-state index contributed by atoms with van der Waals surface area (Å²) in [4.78, 5) is 19.7. The van der Waals surface area contributed by atoms with Gasteiger partial charge in [-0.15, -0.1) is 0 Å². The fourth-order valence-corrected chi connectivity index (χ4v) is 6.68. The lowest BCUT2D eigenvalue weighted by Gasteiger charge is -2.56. The molecule has 142 valence electrons. The van der Waals surface area contributed by atoms with Gasteiger partial charge >= 0.3 is 5.97 Å². The predicted octanol–water partition coefficient (Wildman–Crippen LogP) is 4.65. The molecular weight excluding hydrogens is 336 g/mol. The molecule has 2 aromatic rings. The van der Waals surface area contributed by atoms with Crippen molar-refractivity contribution in [1.82, 2.24) is 9.97 Å². The second kappa shape index (κ2) is 6.50. The van der Waals surface area contributed by atoms with Crippen LogP contribution in [0, 0.1) is 23.2 Å². The maximum Gasteiger partial charge on any atom is 0.356 e. The third-order valence-corrected chi connectivity index (χ3v) is 7.24. The average molecular weight is 364 g/mol. The van der Waals surface area contributed by atoms with E-state index in [1.807, 2.05) is 18.2 Å². The fraction of sp³-hybridized carbons (Fsp3) is 0.565. The molecule has 4 bridgehead atoms. The number of aromatic carboxylic acids is 1. The molecule has 27 heavy (non-hydrogen) atoms. The molecular formula is C23H28N2O2. The summed E-state index contributed by atoms with van der Waals surface area (Å²) in [6, 6.07) is 10.2. The monoisotopic (exact) mass is 364 g/mol. The Hall–Kier alpha value is -2.10. The van der Waals surface area contributed by atoms with Crippen LogP contribution in [0.1, 0.15) is 66.1 Å². The number of aromatic nitrogens is 2. The Morgan fingerprint density at radius 1 is 1.04 bits per heavy atom. The summed E-state index contributed by atoms with van der Waals surface area (Å²) in [5.74, 6) is 2.71. The lowest BCUT2D eigenvalue weighted by atomic mass is 9.49. The van der Waals surface area contributed by atoms with Gasteiger partial charge in [-0.1, -0.05) is 30.3 Å². The highest BCUT2D eigenvalue weighted by atomic mass is 16.4. The first-order valence-corrected chi connectivity index (χ1v) is 10.4. The van der Waals surface area contributed by atoms with Gasteiger partial charge < -0.3 is 10.1 Å². The number of rotatable bonds is 6. The van der Waals surface area contributed by atoms with Crippen molar-refractivity contribution in [1.29, 1.82) is 0 Å². The van der Waals surface area contributed by atoms with Crippen LogP contribution >= 0.6 is 0 Å². The Kier molecular flexibility index (Phi) is 4.10. The van der Waals surface area contributed by atoms with Crippen LogP contribution in [0.5, 0.6) is 0 Å². The van der Waals surface area contributed by atoms with E-state index in [4.69, 9.17) is 0 Å². The zero-order chi connectivity index (χ0) is 18.4. The molecule has 4 heteroatoms. The second-order valence-electron chi connectivity index (χ2n) is 9.40. The lowest BCUT2D eigenvalue weighted by Crippen LogP contribution is -2.47. The SMILES string of the molecule is O=C(O)c1nc(CC23CC4CC(CC(C4)C2)C3)[nH]c1CCc1ccccc1. The van der Waals surface area contributed by atoms with Gasteiger partial charge in [0.1, 0.15) is 5.82 Å². The molecule has 1 aromatic heterocycles. The summed E-state index contributed by atoms with van der Waals surface area (Å²) >= 11 is 0. The number of carbonyl (C=O) groups is 1. The van der Waals surface area contributed by atoms with E-state index in [1.54, 1.807) is 0 Å². The number of hydrogen-bond acceptors (Lipinski definition) is 2. The van der Waals surface area contributed by atoms with Crippen LogP contribution in [-0.4, -0.2) is 21.0 Å². The summed E-state index contributed by atoms with van der Waals surface area (Å²) in [6.07, 6.45) is 10.7. The third kappa shape index (κ3) is 3.30. The summed E-state index contributed by atoms with van der Waals surface area (Å²) in [6.45, 7) is 0. The van der Waals surface area contributed by atoms with Crippen molar-refractivity contribution in [2.24, 2.45) is 23.2 Å². The molecule has 0 radical (unpaired) electrons. The number of carboxylic acids is 1. The van der Waals surface area contributed by atoms with E-state index >= 15 is 0 Å². The number of hydrogen-bond donors (Lipinski definition) is 2. The minimum Gasteiger partial charge on any atom is -0.476 e. The Morgan fingerprint density at radius 3 is 2.26 bits per heavy atom. The summed E-state index contributed by atoms with van der Waals surface area (Å²) < 4.78 is 0. The Bertz CT molecular complexity index is 804. The maximum atomic E-state index is 11.7. The molecule has 4 aliphatic carbocycles. The topological polar surface area (TPSA) is 66.0 Å². The largest absolute Gasteiger partial charge is 0.476 e. The molecule has 2 N–H and O–H groups in total. The fourth-order valence-electron chi connectivity index (χ4n) is 6.68. The van der Waals surface area contributed by atoms with Gasteiger partial charge in [0.25, 0.3) is 0 Å². The van der Waals surface area contributed by atoms with Crippen molar-refractivity contribution < 1.29 is 9.90 Å². The first-order chi connectivity index (χ1) is 13.1. The number of H-pyrrole nitrogens is 1. The Labute approximate surface area is 160 Å². The van der Waals surface area contributed by atoms with E-state index in [0.29, 0.717) is 11.8 Å². The lowest BCUT2D eigenvalue weighted by molar-refractivity contribution is -0.0531. The van der Waals surface area contributed by atoms with Crippen LogP contribution in [0.4, 0.5) is 0 Å². The maximum absolute atomic E-state index is 11.7. The predicted molar refractivity (Wildman–Crippen MR) is 104 cm³/mol. The van der Waals surface area contributed by atoms with E-state index in [-0.39, 0.29) is 5.69 Å². The van der Waals surface area contributed by atoms with Crippen LogP contribution in [0.25, 0.3) is 0 Å². The highest BCUT2D eigenvalue weighted by Crippen LogP contribution is 2.60. The number of nitrogens with zero attached hydrogens (tertiary/aromatic N) is 1. The van der Waals surface area contributed by atoms with E-state index < -0.39 is 5.97 Å². The number of aromatic amines is 1. The van der Waals surface area contributed by atoms with E-state index in [2.05, 4.69) is 22.1 Å². The van der Waals surface area contributed by atoms with Crippen molar-refractivity contribution in [2.75, 3.05) is 0 Å². The van der Waals surface area contributed by atoms with Crippen LogP contribution in [-0.2, 0) is 19.3 Å². The number of nitrogens with one attached hydrogen (secondary N) is 1. The van der Waals surface area contributed by atoms with Gasteiger partial charge in [0.15, 0.2) is 5.69 Å². The van der Waals surface area contributed by atoms with Crippen molar-refractivity contribution in [3.8, 4) is 0 Å².